The molecule has 0 fully saturated rings. The molecule has 0 radical (unpaired) electrons. The van der Waals surface area contributed by atoms with Crippen molar-refractivity contribution in [2.24, 2.45) is 5.92 Å². The highest BCUT2D eigenvalue weighted by Crippen LogP contribution is 2.08. The highest BCUT2D eigenvalue weighted by Gasteiger charge is 2.12. The zero-order chi connectivity index (χ0) is 9.02. The van der Waals surface area contributed by atoms with Crippen molar-refractivity contribution in [2.75, 3.05) is 7.05 Å². The molecule has 66 valence electrons. The maximum absolute atomic E-state index is 10.9. The smallest absolute Gasteiger partial charge is 0.219 e. The van der Waals surface area contributed by atoms with Gasteiger partial charge in [-0.05, 0) is 19.3 Å². The normalized spacial score (nSPS) is 13.3. The second-order valence-electron chi connectivity index (χ2n) is 3.61. The summed E-state index contributed by atoms with van der Waals surface area (Å²) in [6.45, 7) is 8.03. The van der Waals surface area contributed by atoms with Crippen LogP contribution >= 0.6 is 0 Å². The van der Waals surface area contributed by atoms with Crippen molar-refractivity contribution in [3.05, 3.63) is 0 Å². The molecule has 1 atom stereocenters. The Morgan fingerprint density at radius 1 is 1.36 bits per heavy atom. The standard InChI is InChI=1S/C9H19NO/c1-7(2)6-8(3)10(5)9(4)11/h7-8H,6H2,1-5H3/t8-/m1/s1. The lowest BCUT2D eigenvalue weighted by Crippen LogP contribution is -2.33. The van der Waals surface area contributed by atoms with Gasteiger partial charge in [-0.15, -0.1) is 0 Å². The SMILES string of the molecule is CC(=O)N(C)[C@H](C)CC(C)C. The summed E-state index contributed by atoms with van der Waals surface area (Å²) in [4.78, 5) is 12.7. The Balaban J connectivity index is 3.82. The van der Waals surface area contributed by atoms with E-state index in [0.717, 1.165) is 6.42 Å². The van der Waals surface area contributed by atoms with E-state index in [-0.39, 0.29) is 5.91 Å². The van der Waals surface area contributed by atoms with Crippen LogP contribution in [-0.2, 0) is 4.79 Å². The van der Waals surface area contributed by atoms with Crippen LogP contribution in [0.3, 0.4) is 0 Å². The van der Waals surface area contributed by atoms with Crippen molar-refractivity contribution in [1.82, 2.24) is 4.90 Å². The molecule has 0 aliphatic carbocycles. The first-order chi connectivity index (χ1) is 4.95. The van der Waals surface area contributed by atoms with Crippen molar-refractivity contribution in [3.63, 3.8) is 0 Å². The Morgan fingerprint density at radius 2 is 1.82 bits per heavy atom. The number of carbonyl (C=O) groups is 1. The predicted molar refractivity (Wildman–Crippen MR) is 47.4 cm³/mol. The van der Waals surface area contributed by atoms with Crippen LogP contribution in [0.2, 0.25) is 0 Å². The molecule has 0 saturated carbocycles. The van der Waals surface area contributed by atoms with E-state index in [4.69, 9.17) is 0 Å². The second-order valence-corrected chi connectivity index (χ2v) is 3.61. The minimum atomic E-state index is 0.151. The molecule has 11 heavy (non-hydrogen) atoms. The van der Waals surface area contributed by atoms with E-state index in [9.17, 15) is 4.79 Å². The molecule has 0 bridgehead atoms. The highest BCUT2D eigenvalue weighted by molar-refractivity contribution is 5.73. The molecule has 0 aromatic rings. The minimum absolute atomic E-state index is 0.151. The molecule has 0 unspecified atom stereocenters. The van der Waals surface area contributed by atoms with E-state index in [1.807, 2.05) is 7.05 Å². The summed E-state index contributed by atoms with van der Waals surface area (Å²) < 4.78 is 0. The van der Waals surface area contributed by atoms with Crippen LogP contribution in [0, 0.1) is 5.92 Å². The Kier molecular flexibility index (Phi) is 4.16. The maximum atomic E-state index is 10.9. The maximum Gasteiger partial charge on any atom is 0.219 e. The lowest BCUT2D eigenvalue weighted by Gasteiger charge is -2.24. The van der Waals surface area contributed by atoms with Crippen LogP contribution in [-0.4, -0.2) is 23.9 Å². The summed E-state index contributed by atoms with van der Waals surface area (Å²) in [5.41, 5.74) is 0. The van der Waals surface area contributed by atoms with Crippen LogP contribution < -0.4 is 0 Å². The Morgan fingerprint density at radius 3 is 2.09 bits per heavy atom. The van der Waals surface area contributed by atoms with Gasteiger partial charge in [0.2, 0.25) is 5.91 Å². The lowest BCUT2D eigenvalue weighted by atomic mass is 10.0. The zero-order valence-corrected chi connectivity index (χ0v) is 8.22. The van der Waals surface area contributed by atoms with Crippen molar-refractivity contribution in [1.29, 1.82) is 0 Å². The lowest BCUT2D eigenvalue weighted by molar-refractivity contribution is -0.129. The molecule has 2 nitrogen and oxygen atoms in total. The second kappa shape index (κ2) is 4.37. The summed E-state index contributed by atoms with van der Waals surface area (Å²) in [7, 11) is 1.86. The van der Waals surface area contributed by atoms with E-state index in [0.29, 0.717) is 12.0 Å². The highest BCUT2D eigenvalue weighted by atomic mass is 16.2. The molecule has 0 heterocycles. The molecule has 2 heteroatoms. The molecule has 0 aromatic carbocycles. The number of carbonyl (C=O) groups excluding carboxylic acids is 1. The average Bonchev–Trinajstić information content (AvgIpc) is 1.84. The molecule has 0 spiro atoms. The molecule has 0 aliphatic rings. The van der Waals surface area contributed by atoms with E-state index in [2.05, 4.69) is 20.8 Å². The fourth-order valence-corrected chi connectivity index (χ4v) is 1.15. The average molecular weight is 157 g/mol. The van der Waals surface area contributed by atoms with Crippen LogP contribution in [0.25, 0.3) is 0 Å². The predicted octanol–water partition coefficient (Wildman–Crippen LogP) is 1.90. The molecule has 1 amide bonds. The fourth-order valence-electron chi connectivity index (χ4n) is 1.15. The number of nitrogens with zero attached hydrogens (tertiary/aromatic N) is 1. The van der Waals surface area contributed by atoms with Gasteiger partial charge in [0.05, 0.1) is 0 Å². The Bertz CT molecular complexity index is 132. The first-order valence-electron chi connectivity index (χ1n) is 4.18. The molecule has 0 aliphatic heterocycles. The Hall–Kier alpha value is -0.530. The number of hydrogen-bond acceptors (Lipinski definition) is 1. The molecular weight excluding hydrogens is 138 g/mol. The van der Waals surface area contributed by atoms with Crippen molar-refractivity contribution in [3.8, 4) is 0 Å². The first kappa shape index (κ1) is 10.5. The Labute approximate surface area is 69.6 Å². The van der Waals surface area contributed by atoms with Crippen molar-refractivity contribution < 1.29 is 4.79 Å². The summed E-state index contributed by atoms with van der Waals surface area (Å²) in [6, 6.07) is 0.368. The van der Waals surface area contributed by atoms with Gasteiger partial charge in [0, 0.05) is 20.0 Å². The first-order valence-corrected chi connectivity index (χ1v) is 4.18. The van der Waals surface area contributed by atoms with Crippen molar-refractivity contribution in [2.45, 2.75) is 40.2 Å². The number of rotatable bonds is 3. The van der Waals surface area contributed by atoms with Crippen LogP contribution in [0.5, 0.6) is 0 Å². The van der Waals surface area contributed by atoms with Gasteiger partial charge >= 0.3 is 0 Å². The van der Waals surface area contributed by atoms with Crippen molar-refractivity contribution >= 4 is 5.91 Å². The quantitative estimate of drug-likeness (QED) is 0.612. The molecular formula is C9H19NO. The summed E-state index contributed by atoms with van der Waals surface area (Å²) in [5, 5.41) is 0. The van der Waals surface area contributed by atoms with Gasteiger partial charge in [0.15, 0.2) is 0 Å². The largest absolute Gasteiger partial charge is 0.343 e. The summed E-state index contributed by atoms with van der Waals surface area (Å²) >= 11 is 0. The zero-order valence-electron chi connectivity index (χ0n) is 8.22. The van der Waals surface area contributed by atoms with Gasteiger partial charge in [-0.3, -0.25) is 4.79 Å². The van der Waals surface area contributed by atoms with E-state index in [1.54, 1.807) is 11.8 Å². The van der Waals surface area contributed by atoms with Crippen LogP contribution in [0.4, 0.5) is 0 Å². The molecule has 0 aromatic heterocycles. The number of amides is 1. The molecule has 0 saturated heterocycles. The molecule has 0 N–H and O–H groups in total. The minimum Gasteiger partial charge on any atom is -0.343 e. The summed E-state index contributed by atoms with van der Waals surface area (Å²) in [6.07, 6.45) is 1.08. The van der Waals surface area contributed by atoms with Gasteiger partial charge < -0.3 is 4.90 Å². The van der Waals surface area contributed by atoms with Crippen LogP contribution in [0.15, 0.2) is 0 Å². The fraction of sp³-hybridized carbons (Fsp3) is 0.889. The van der Waals surface area contributed by atoms with Gasteiger partial charge in [-0.2, -0.15) is 0 Å². The topological polar surface area (TPSA) is 20.3 Å². The van der Waals surface area contributed by atoms with E-state index < -0.39 is 0 Å². The van der Waals surface area contributed by atoms with Crippen LogP contribution in [0.1, 0.15) is 34.1 Å². The number of hydrogen-bond donors (Lipinski definition) is 0. The van der Waals surface area contributed by atoms with Gasteiger partial charge in [0.25, 0.3) is 0 Å². The third kappa shape index (κ3) is 4.02. The summed E-state index contributed by atoms with van der Waals surface area (Å²) in [5.74, 6) is 0.810. The van der Waals surface area contributed by atoms with Gasteiger partial charge in [-0.25, -0.2) is 0 Å². The van der Waals surface area contributed by atoms with Gasteiger partial charge in [-0.1, -0.05) is 13.8 Å². The molecule has 0 rings (SSSR count). The van der Waals surface area contributed by atoms with E-state index >= 15 is 0 Å². The third-order valence-electron chi connectivity index (χ3n) is 1.97. The monoisotopic (exact) mass is 157 g/mol. The third-order valence-corrected chi connectivity index (χ3v) is 1.97. The van der Waals surface area contributed by atoms with E-state index in [1.165, 1.54) is 0 Å². The van der Waals surface area contributed by atoms with Gasteiger partial charge in [0.1, 0.15) is 0 Å².